The van der Waals surface area contributed by atoms with Gasteiger partial charge in [-0.05, 0) is 47.9 Å². The highest BCUT2D eigenvalue weighted by molar-refractivity contribution is 6.01. The van der Waals surface area contributed by atoms with Crippen LogP contribution in [-0.4, -0.2) is 33.7 Å². The number of anilines is 2. The Morgan fingerprint density at radius 1 is 1.17 bits per heavy atom. The van der Waals surface area contributed by atoms with Gasteiger partial charge in [0.05, 0.1) is 13.5 Å². The zero-order valence-electron chi connectivity index (χ0n) is 17.0. The smallest absolute Gasteiger partial charge is 0.252 e. The number of benzene rings is 2. The molecule has 0 unspecified atom stereocenters. The van der Waals surface area contributed by atoms with E-state index < -0.39 is 6.04 Å². The molecule has 30 heavy (non-hydrogen) atoms. The average molecular weight is 405 g/mol. The van der Waals surface area contributed by atoms with Crippen molar-refractivity contribution in [3.05, 3.63) is 54.1 Å². The molecule has 0 fully saturated rings. The predicted molar refractivity (Wildman–Crippen MR) is 113 cm³/mol. The first-order chi connectivity index (χ1) is 14.4. The van der Waals surface area contributed by atoms with Gasteiger partial charge >= 0.3 is 0 Å². The van der Waals surface area contributed by atoms with E-state index in [4.69, 9.17) is 4.74 Å². The van der Waals surface area contributed by atoms with Crippen LogP contribution in [0, 0.1) is 0 Å². The van der Waals surface area contributed by atoms with Gasteiger partial charge in [0.25, 0.3) is 5.91 Å². The molecule has 0 aliphatic carbocycles. The summed E-state index contributed by atoms with van der Waals surface area (Å²) in [6, 6.07) is 14.3. The van der Waals surface area contributed by atoms with E-state index >= 15 is 0 Å². The standard InChI is InChI=1S/C22H23N5O3/c1-13(2)14-4-8-16(9-5-14)23-19(28)12-18-21(29)25-22-24-20(26-27(18)22)15-6-10-17(30-3)11-7-15/h4-11,13,18H,12H2,1-3H3,(H,23,28)(H,24,25,26,29)/t18-/m1/s1. The van der Waals surface area contributed by atoms with Gasteiger partial charge in [0.2, 0.25) is 11.9 Å². The van der Waals surface area contributed by atoms with E-state index in [1.54, 1.807) is 7.11 Å². The number of carbonyl (C=O) groups excluding carboxylic acids is 2. The molecular formula is C22H23N5O3. The predicted octanol–water partition coefficient (Wildman–Crippen LogP) is 3.60. The van der Waals surface area contributed by atoms with Crippen LogP contribution < -0.4 is 15.4 Å². The summed E-state index contributed by atoms with van der Waals surface area (Å²) in [6.45, 7) is 4.23. The Labute approximate surface area is 174 Å². The zero-order valence-corrected chi connectivity index (χ0v) is 17.0. The first-order valence-electron chi connectivity index (χ1n) is 9.76. The van der Waals surface area contributed by atoms with Gasteiger partial charge in [-0.2, -0.15) is 4.98 Å². The van der Waals surface area contributed by atoms with Crippen LogP contribution in [0.15, 0.2) is 48.5 Å². The lowest BCUT2D eigenvalue weighted by Gasteiger charge is -2.11. The number of hydrogen-bond donors (Lipinski definition) is 2. The molecule has 8 nitrogen and oxygen atoms in total. The fraction of sp³-hybridized carbons (Fsp3) is 0.273. The number of nitrogens with zero attached hydrogens (tertiary/aromatic N) is 3. The number of ether oxygens (including phenoxy) is 1. The van der Waals surface area contributed by atoms with E-state index in [0.29, 0.717) is 23.4 Å². The van der Waals surface area contributed by atoms with Crippen LogP contribution in [0.1, 0.15) is 37.8 Å². The van der Waals surface area contributed by atoms with Gasteiger partial charge in [0.1, 0.15) is 11.8 Å². The second-order valence-corrected chi connectivity index (χ2v) is 7.47. The number of methoxy groups -OCH3 is 1. The highest BCUT2D eigenvalue weighted by Crippen LogP contribution is 2.29. The SMILES string of the molecule is COc1ccc(-c2nc3n(n2)[C@H](CC(=O)Nc2ccc(C(C)C)cc2)C(=O)N3)cc1. The number of fused-ring (bicyclic) bond motifs is 1. The number of amides is 2. The molecule has 1 aliphatic rings. The first-order valence-corrected chi connectivity index (χ1v) is 9.76. The minimum absolute atomic E-state index is 0.0316. The Hall–Kier alpha value is -3.68. The quantitative estimate of drug-likeness (QED) is 0.653. The fourth-order valence-electron chi connectivity index (χ4n) is 3.31. The lowest BCUT2D eigenvalue weighted by Crippen LogP contribution is -2.23. The number of aromatic nitrogens is 3. The third kappa shape index (κ3) is 3.89. The van der Waals surface area contributed by atoms with Gasteiger partial charge in [0, 0.05) is 11.3 Å². The molecular weight excluding hydrogens is 382 g/mol. The Kier molecular flexibility index (Phi) is 5.22. The molecule has 2 amide bonds. The normalized spacial score (nSPS) is 15.1. The molecule has 154 valence electrons. The third-order valence-electron chi connectivity index (χ3n) is 5.05. The topological polar surface area (TPSA) is 98.1 Å². The van der Waals surface area contributed by atoms with Crippen LogP contribution in [0.25, 0.3) is 11.4 Å². The Bertz CT molecular complexity index is 1070. The average Bonchev–Trinajstić information content (AvgIpc) is 3.27. The summed E-state index contributed by atoms with van der Waals surface area (Å²) < 4.78 is 6.64. The summed E-state index contributed by atoms with van der Waals surface area (Å²) in [5.74, 6) is 1.41. The van der Waals surface area contributed by atoms with Crippen molar-refractivity contribution >= 4 is 23.5 Å². The second-order valence-electron chi connectivity index (χ2n) is 7.47. The lowest BCUT2D eigenvalue weighted by molar-refractivity contribution is -0.123. The fourth-order valence-corrected chi connectivity index (χ4v) is 3.31. The van der Waals surface area contributed by atoms with Crippen molar-refractivity contribution in [2.75, 3.05) is 17.7 Å². The highest BCUT2D eigenvalue weighted by Gasteiger charge is 2.35. The second kappa shape index (κ2) is 7.98. The maximum atomic E-state index is 12.5. The summed E-state index contributed by atoms with van der Waals surface area (Å²) in [5, 5.41) is 9.98. The lowest BCUT2D eigenvalue weighted by atomic mass is 10.0. The maximum absolute atomic E-state index is 12.5. The van der Waals surface area contributed by atoms with Gasteiger partial charge < -0.3 is 10.1 Å². The van der Waals surface area contributed by atoms with Crippen LogP contribution in [-0.2, 0) is 9.59 Å². The van der Waals surface area contributed by atoms with E-state index in [-0.39, 0.29) is 18.2 Å². The maximum Gasteiger partial charge on any atom is 0.252 e. The van der Waals surface area contributed by atoms with Gasteiger partial charge in [-0.25, -0.2) is 4.68 Å². The van der Waals surface area contributed by atoms with Crippen molar-refractivity contribution in [3.63, 3.8) is 0 Å². The number of hydrogen-bond acceptors (Lipinski definition) is 5. The van der Waals surface area contributed by atoms with Gasteiger partial charge in [-0.15, -0.1) is 5.10 Å². The molecule has 4 rings (SSSR count). The van der Waals surface area contributed by atoms with Crippen molar-refractivity contribution in [1.29, 1.82) is 0 Å². The summed E-state index contributed by atoms with van der Waals surface area (Å²) in [4.78, 5) is 29.2. The van der Waals surface area contributed by atoms with E-state index in [1.807, 2.05) is 48.5 Å². The third-order valence-corrected chi connectivity index (χ3v) is 5.05. The monoisotopic (exact) mass is 405 g/mol. The Balaban J connectivity index is 1.47. The first kappa shape index (κ1) is 19.6. The molecule has 1 atom stereocenters. The van der Waals surface area contributed by atoms with Crippen LogP contribution in [0.3, 0.4) is 0 Å². The molecule has 3 aromatic rings. The van der Waals surface area contributed by atoms with E-state index in [2.05, 4.69) is 34.6 Å². The molecule has 0 saturated carbocycles. The molecule has 0 saturated heterocycles. The van der Waals surface area contributed by atoms with Crippen LogP contribution in [0.5, 0.6) is 5.75 Å². The minimum atomic E-state index is -0.741. The summed E-state index contributed by atoms with van der Waals surface area (Å²) >= 11 is 0. The van der Waals surface area contributed by atoms with Crippen molar-refractivity contribution in [2.45, 2.75) is 32.2 Å². The molecule has 2 aromatic carbocycles. The Morgan fingerprint density at radius 2 is 1.87 bits per heavy atom. The van der Waals surface area contributed by atoms with Crippen molar-refractivity contribution in [3.8, 4) is 17.1 Å². The Morgan fingerprint density at radius 3 is 2.50 bits per heavy atom. The number of carbonyl (C=O) groups is 2. The van der Waals surface area contributed by atoms with Crippen LogP contribution in [0.4, 0.5) is 11.6 Å². The molecule has 0 spiro atoms. The summed E-state index contributed by atoms with van der Waals surface area (Å²) in [5.41, 5.74) is 2.68. The van der Waals surface area contributed by atoms with Crippen molar-refractivity contribution < 1.29 is 14.3 Å². The molecule has 1 aliphatic heterocycles. The molecule has 1 aromatic heterocycles. The molecule has 2 N–H and O–H groups in total. The van der Waals surface area contributed by atoms with Crippen LogP contribution in [0.2, 0.25) is 0 Å². The van der Waals surface area contributed by atoms with Crippen molar-refractivity contribution in [1.82, 2.24) is 14.8 Å². The summed E-state index contributed by atoms with van der Waals surface area (Å²) in [6.07, 6.45) is -0.0316. The van der Waals surface area contributed by atoms with Crippen LogP contribution >= 0.6 is 0 Å². The van der Waals surface area contributed by atoms with E-state index in [9.17, 15) is 9.59 Å². The molecule has 0 bridgehead atoms. The van der Waals surface area contributed by atoms with Gasteiger partial charge in [-0.1, -0.05) is 26.0 Å². The summed E-state index contributed by atoms with van der Waals surface area (Å²) in [7, 11) is 1.60. The largest absolute Gasteiger partial charge is 0.497 e. The number of rotatable bonds is 6. The highest BCUT2D eigenvalue weighted by atomic mass is 16.5. The van der Waals surface area contributed by atoms with E-state index in [0.717, 1.165) is 11.3 Å². The van der Waals surface area contributed by atoms with Gasteiger partial charge in [-0.3, -0.25) is 14.9 Å². The van der Waals surface area contributed by atoms with Gasteiger partial charge in [0.15, 0.2) is 5.82 Å². The molecule has 0 radical (unpaired) electrons. The minimum Gasteiger partial charge on any atom is -0.497 e. The molecule has 2 heterocycles. The zero-order chi connectivity index (χ0) is 21.3. The molecule has 8 heteroatoms. The number of nitrogens with one attached hydrogen (secondary N) is 2. The van der Waals surface area contributed by atoms with Crippen molar-refractivity contribution in [2.24, 2.45) is 0 Å². The van der Waals surface area contributed by atoms with E-state index in [1.165, 1.54) is 10.2 Å².